The Hall–Kier alpha value is -1.36. The summed E-state index contributed by atoms with van der Waals surface area (Å²) in [4.78, 5) is 12.0. The summed E-state index contributed by atoms with van der Waals surface area (Å²) in [6.45, 7) is 4.92. The van der Waals surface area contributed by atoms with Gasteiger partial charge in [-0.05, 0) is 76.7 Å². The normalized spacial score (nSPS) is 12.0. The molecule has 23 heavy (non-hydrogen) atoms. The van der Waals surface area contributed by atoms with Crippen LogP contribution in [-0.2, 0) is 4.74 Å². The van der Waals surface area contributed by atoms with Gasteiger partial charge in [-0.1, -0.05) is 44.5 Å². The molecule has 2 rings (SSSR count). The van der Waals surface area contributed by atoms with E-state index in [0.717, 1.165) is 24.0 Å². The van der Waals surface area contributed by atoms with Crippen LogP contribution in [0.15, 0.2) is 48.5 Å². The van der Waals surface area contributed by atoms with Crippen molar-refractivity contribution in [3.63, 3.8) is 0 Å². The number of benzene rings is 2. The monoisotopic (exact) mass is 422 g/mol. The van der Waals surface area contributed by atoms with Crippen LogP contribution >= 0.6 is 22.6 Å². The minimum absolute atomic E-state index is 0.233. The van der Waals surface area contributed by atoms with Gasteiger partial charge in [0.15, 0.2) is 0 Å². The smallest absolute Gasteiger partial charge is 0.338 e. The van der Waals surface area contributed by atoms with Crippen LogP contribution in [0.2, 0.25) is 0 Å². The van der Waals surface area contributed by atoms with Gasteiger partial charge in [-0.15, -0.1) is 0 Å². The number of esters is 1. The molecule has 1 unspecified atom stereocenters. The number of hydrogen-bond donors (Lipinski definition) is 0. The van der Waals surface area contributed by atoms with Crippen LogP contribution in [0.25, 0.3) is 11.1 Å². The molecule has 0 saturated heterocycles. The van der Waals surface area contributed by atoms with Gasteiger partial charge < -0.3 is 4.74 Å². The largest absolute Gasteiger partial charge is 0.462 e. The predicted octanol–water partition coefficient (Wildman–Crippen LogP) is 5.94. The highest BCUT2D eigenvalue weighted by Gasteiger charge is 2.08. The zero-order chi connectivity index (χ0) is 16.7. The summed E-state index contributed by atoms with van der Waals surface area (Å²) in [7, 11) is 0. The third-order valence-electron chi connectivity index (χ3n) is 4.07. The Bertz CT molecular complexity index is 617. The Morgan fingerprint density at radius 3 is 2.17 bits per heavy atom. The summed E-state index contributed by atoms with van der Waals surface area (Å²) >= 11 is 2.29. The van der Waals surface area contributed by atoms with Crippen LogP contribution in [0.5, 0.6) is 0 Å². The van der Waals surface area contributed by atoms with Crippen molar-refractivity contribution in [1.82, 2.24) is 0 Å². The van der Waals surface area contributed by atoms with Crippen molar-refractivity contribution in [1.29, 1.82) is 0 Å². The van der Waals surface area contributed by atoms with E-state index in [1.54, 1.807) is 0 Å². The van der Waals surface area contributed by atoms with E-state index >= 15 is 0 Å². The second kappa shape index (κ2) is 9.06. The van der Waals surface area contributed by atoms with Gasteiger partial charge in [-0.3, -0.25) is 0 Å². The van der Waals surface area contributed by atoms with E-state index in [2.05, 4.69) is 60.7 Å². The van der Waals surface area contributed by atoms with E-state index in [1.807, 2.05) is 24.3 Å². The van der Waals surface area contributed by atoms with Crippen molar-refractivity contribution in [2.24, 2.45) is 5.92 Å². The Morgan fingerprint density at radius 2 is 1.61 bits per heavy atom. The Kier molecular flexibility index (Phi) is 7.09. The molecule has 0 heterocycles. The minimum atomic E-state index is -0.233. The van der Waals surface area contributed by atoms with Crippen LogP contribution < -0.4 is 0 Å². The second-order valence-electron chi connectivity index (χ2n) is 5.88. The average molecular weight is 422 g/mol. The molecule has 0 amide bonds. The molecule has 2 nitrogen and oxygen atoms in total. The third kappa shape index (κ3) is 5.65. The fourth-order valence-corrected chi connectivity index (χ4v) is 2.68. The van der Waals surface area contributed by atoms with Gasteiger partial charge in [0.1, 0.15) is 0 Å². The maximum Gasteiger partial charge on any atom is 0.338 e. The van der Waals surface area contributed by atoms with Gasteiger partial charge in [0.2, 0.25) is 0 Å². The van der Waals surface area contributed by atoms with Crippen LogP contribution in [0.1, 0.15) is 43.5 Å². The summed E-state index contributed by atoms with van der Waals surface area (Å²) in [6.07, 6.45) is 3.21. The van der Waals surface area contributed by atoms with E-state index in [0.29, 0.717) is 18.1 Å². The molecule has 0 aliphatic carbocycles. The number of hydrogen-bond acceptors (Lipinski definition) is 2. The van der Waals surface area contributed by atoms with Gasteiger partial charge >= 0.3 is 5.97 Å². The minimum Gasteiger partial charge on any atom is -0.462 e. The molecule has 0 bridgehead atoms. The highest BCUT2D eigenvalue weighted by Crippen LogP contribution is 2.21. The van der Waals surface area contributed by atoms with Crippen molar-refractivity contribution in [2.75, 3.05) is 6.61 Å². The molecular weight excluding hydrogens is 399 g/mol. The van der Waals surface area contributed by atoms with E-state index < -0.39 is 0 Å². The highest BCUT2D eigenvalue weighted by atomic mass is 127. The van der Waals surface area contributed by atoms with Crippen molar-refractivity contribution in [2.45, 2.75) is 33.1 Å². The van der Waals surface area contributed by atoms with Gasteiger partial charge in [-0.2, -0.15) is 0 Å². The van der Waals surface area contributed by atoms with Crippen LogP contribution in [-0.4, -0.2) is 12.6 Å². The maximum atomic E-state index is 12.0. The lowest BCUT2D eigenvalue weighted by molar-refractivity contribution is 0.0494. The van der Waals surface area contributed by atoms with Gasteiger partial charge in [-0.25, -0.2) is 4.79 Å². The molecule has 2 aromatic rings. The van der Waals surface area contributed by atoms with Crippen LogP contribution in [0.3, 0.4) is 0 Å². The van der Waals surface area contributed by atoms with Crippen molar-refractivity contribution >= 4 is 28.6 Å². The van der Waals surface area contributed by atoms with Gasteiger partial charge in [0.05, 0.1) is 12.2 Å². The summed E-state index contributed by atoms with van der Waals surface area (Å²) in [5, 5.41) is 0. The maximum absolute atomic E-state index is 12.0. The molecule has 0 aromatic heterocycles. The summed E-state index contributed by atoms with van der Waals surface area (Å²) < 4.78 is 6.56. The molecular formula is C20H23IO2. The zero-order valence-corrected chi connectivity index (χ0v) is 15.9. The quantitative estimate of drug-likeness (QED) is 0.314. The fraction of sp³-hybridized carbons (Fsp3) is 0.350. The molecule has 0 fully saturated rings. The molecule has 3 heteroatoms. The SMILES string of the molecule is CCC(C)CCCOC(=O)c1ccc(-c2ccc(I)cc2)cc1. The van der Waals surface area contributed by atoms with Crippen molar-refractivity contribution in [3.05, 3.63) is 57.7 Å². The van der Waals surface area contributed by atoms with Gasteiger partial charge in [0.25, 0.3) is 0 Å². The Balaban J connectivity index is 1.89. The first-order valence-electron chi connectivity index (χ1n) is 8.13. The molecule has 0 saturated carbocycles. The van der Waals surface area contributed by atoms with E-state index in [-0.39, 0.29) is 5.97 Å². The molecule has 0 spiro atoms. The lowest BCUT2D eigenvalue weighted by atomic mass is 10.0. The molecule has 0 N–H and O–H groups in total. The predicted molar refractivity (Wildman–Crippen MR) is 104 cm³/mol. The van der Waals surface area contributed by atoms with Crippen molar-refractivity contribution < 1.29 is 9.53 Å². The molecule has 0 radical (unpaired) electrons. The Morgan fingerprint density at radius 1 is 1.04 bits per heavy atom. The lowest BCUT2D eigenvalue weighted by Crippen LogP contribution is -2.07. The fourth-order valence-electron chi connectivity index (χ4n) is 2.33. The summed E-state index contributed by atoms with van der Waals surface area (Å²) in [5.74, 6) is 0.463. The van der Waals surface area contributed by atoms with Crippen LogP contribution in [0, 0.1) is 9.49 Å². The second-order valence-corrected chi connectivity index (χ2v) is 7.12. The molecule has 122 valence electrons. The molecule has 1 atom stereocenters. The lowest BCUT2D eigenvalue weighted by Gasteiger charge is -2.09. The van der Waals surface area contributed by atoms with Crippen molar-refractivity contribution in [3.8, 4) is 11.1 Å². The highest BCUT2D eigenvalue weighted by molar-refractivity contribution is 14.1. The first-order chi connectivity index (χ1) is 11.1. The number of ether oxygens (including phenoxy) is 1. The standard InChI is InChI=1S/C20H23IO2/c1-3-15(2)5-4-14-23-20(22)18-8-6-16(7-9-18)17-10-12-19(21)13-11-17/h6-13,15H,3-5,14H2,1-2H3. The van der Waals surface area contributed by atoms with Crippen LogP contribution in [0.4, 0.5) is 0 Å². The molecule has 2 aromatic carbocycles. The van der Waals surface area contributed by atoms with E-state index in [1.165, 1.54) is 9.99 Å². The third-order valence-corrected chi connectivity index (χ3v) is 4.79. The first-order valence-corrected chi connectivity index (χ1v) is 9.21. The topological polar surface area (TPSA) is 26.3 Å². The molecule has 0 aliphatic rings. The van der Waals surface area contributed by atoms with E-state index in [9.17, 15) is 4.79 Å². The number of carbonyl (C=O) groups is 1. The number of halogens is 1. The average Bonchev–Trinajstić information content (AvgIpc) is 2.59. The Labute approximate surface area is 152 Å². The molecule has 0 aliphatic heterocycles. The first kappa shape index (κ1) is 18.0. The van der Waals surface area contributed by atoms with E-state index in [4.69, 9.17) is 4.74 Å². The number of rotatable bonds is 7. The number of carbonyl (C=O) groups excluding carboxylic acids is 1. The zero-order valence-electron chi connectivity index (χ0n) is 13.7. The summed E-state index contributed by atoms with van der Waals surface area (Å²) in [6, 6.07) is 15.9. The summed E-state index contributed by atoms with van der Waals surface area (Å²) in [5.41, 5.74) is 2.87. The van der Waals surface area contributed by atoms with Gasteiger partial charge in [0, 0.05) is 3.57 Å².